The monoisotopic (exact) mass is 192 g/mol. The van der Waals surface area contributed by atoms with Crippen molar-refractivity contribution in [2.24, 2.45) is 0 Å². The number of nitrogens with one attached hydrogen (secondary N) is 1. The summed E-state index contributed by atoms with van der Waals surface area (Å²) in [6, 6.07) is 8.62. The van der Waals surface area contributed by atoms with E-state index in [1.54, 1.807) is 0 Å². The minimum atomic E-state index is 1.05. The van der Waals surface area contributed by atoms with Crippen LogP contribution >= 0.6 is 0 Å². The highest BCUT2D eigenvalue weighted by Gasteiger charge is 2.00. The lowest BCUT2D eigenvalue weighted by Crippen LogP contribution is -2.21. The molecule has 1 N–H and O–H groups in total. The molecule has 0 unspecified atom stereocenters. The summed E-state index contributed by atoms with van der Waals surface area (Å²) in [5.74, 6) is 0. The molecule has 0 bridgehead atoms. The van der Waals surface area contributed by atoms with E-state index >= 15 is 0 Å². The first-order valence-corrected chi connectivity index (χ1v) is 5.29. The molecule has 1 rings (SSSR count). The lowest BCUT2D eigenvalue weighted by atomic mass is 10.2. The van der Waals surface area contributed by atoms with Crippen LogP contribution in [-0.2, 0) is 6.54 Å². The maximum Gasteiger partial charge on any atom is 0.0337 e. The van der Waals surface area contributed by atoms with E-state index in [0.29, 0.717) is 0 Å². The van der Waals surface area contributed by atoms with Gasteiger partial charge in [0.25, 0.3) is 0 Å². The summed E-state index contributed by atoms with van der Waals surface area (Å²) in [7, 11) is 1.94. The summed E-state index contributed by atoms with van der Waals surface area (Å²) in [4.78, 5) is 2.41. The first-order chi connectivity index (χ1) is 6.80. The van der Waals surface area contributed by atoms with Crippen molar-refractivity contribution >= 4 is 5.69 Å². The number of benzene rings is 1. The zero-order valence-corrected chi connectivity index (χ0v) is 9.38. The van der Waals surface area contributed by atoms with Gasteiger partial charge in [-0.1, -0.05) is 26.0 Å². The van der Waals surface area contributed by atoms with Crippen LogP contribution in [0.2, 0.25) is 0 Å². The van der Waals surface area contributed by atoms with Crippen molar-refractivity contribution in [3.05, 3.63) is 29.8 Å². The molecule has 0 fully saturated rings. The molecule has 0 radical (unpaired) electrons. The van der Waals surface area contributed by atoms with Crippen molar-refractivity contribution in [2.45, 2.75) is 20.4 Å². The quantitative estimate of drug-likeness (QED) is 0.771. The van der Waals surface area contributed by atoms with Crippen LogP contribution in [0.15, 0.2) is 24.3 Å². The van der Waals surface area contributed by atoms with E-state index in [2.05, 4.69) is 48.3 Å². The molecule has 1 aromatic carbocycles. The fourth-order valence-corrected chi connectivity index (χ4v) is 1.48. The SMILES string of the molecule is CCN(CC)Cc1ccc(NC)cc1. The summed E-state index contributed by atoms with van der Waals surface area (Å²) in [5.41, 5.74) is 2.56. The average Bonchev–Trinajstić information content (AvgIpc) is 2.26. The first kappa shape index (κ1) is 11.1. The molecule has 0 atom stereocenters. The molecule has 2 heteroatoms. The molecule has 0 spiro atoms. The van der Waals surface area contributed by atoms with Crippen LogP contribution in [0, 0.1) is 0 Å². The molecule has 14 heavy (non-hydrogen) atoms. The fourth-order valence-electron chi connectivity index (χ4n) is 1.48. The van der Waals surface area contributed by atoms with Gasteiger partial charge in [0.15, 0.2) is 0 Å². The lowest BCUT2D eigenvalue weighted by Gasteiger charge is -2.17. The maximum atomic E-state index is 3.12. The number of rotatable bonds is 5. The number of nitrogens with zero attached hydrogens (tertiary/aromatic N) is 1. The smallest absolute Gasteiger partial charge is 0.0337 e. The molecular weight excluding hydrogens is 172 g/mol. The predicted molar refractivity (Wildman–Crippen MR) is 62.6 cm³/mol. The van der Waals surface area contributed by atoms with Crippen molar-refractivity contribution in [2.75, 3.05) is 25.5 Å². The van der Waals surface area contributed by atoms with E-state index in [9.17, 15) is 0 Å². The Balaban J connectivity index is 2.58. The highest BCUT2D eigenvalue weighted by Crippen LogP contribution is 2.10. The molecule has 78 valence electrons. The largest absolute Gasteiger partial charge is 0.388 e. The molecule has 0 aromatic heterocycles. The zero-order valence-electron chi connectivity index (χ0n) is 9.38. The van der Waals surface area contributed by atoms with Crippen molar-refractivity contribution < 1.29 is 0 Å². The van der Waals surface area contributed by atoms with Gasteiger partial charge >= 0.3 is 0 Å². The second-order valence-corrected chi connectivity index (χ2v) is 3.41. The highest BCUT2D eigenvalue weighted by molar-refractivity contribution is 5.43. The second kappa shape index (κ2) is 5.66. The Labute approximate surface area is 86.9 Å². The molecule has 1 aromatic rings. The molecular formula is C12H20N2. The maximum absolute atomic E-state index is 3.12. The summed E-state index contributed by atoms with van der Waals surface area (Å²) < 4.78 is 0. The minimum absolute atomic E-state index is 1.05. The van der Waals surface area contributed by atoms with E-state index in [-0.39, 0.29) is 0 Å². The van der Waals surface area contributed by atoms with E-state index in [4.69, 9.17) is 0 Å². The molecule has 0 heterocycles. The molecule has 2 nitrogen and oxygen atoms in total. The highest BCUT2D eigenvalue weighted by atomic mass is 15.1. The fraction of sp³-hybridized carbons (Fsp3) is 0.500. The first-order valence-electron chi connectivity index (χ1n) is 5.29. The Morgan fingerprint density at radius 2 is 1.64 bits per heavy atom. The number of hydrogen-bond acceptors (Lipinski definition) is 2. The Hall–Kier alpha value is -1.02. The van der Waals surface area contributed by atoms with Crippen LogP contribution in [0.3, 0.4) is 0 Å². The van der Waals surface area contributed by atoms with Gasteiger partial charge in [-0.3, -0.25) is 4.90 Å². The Morgan fingerprint density at radius 3 is 2.07 bits per heavy atom. The Kier molecular flexibility index (Phi) is 4.47. The Morgan fingerprint density at radius 1 is 1.07 bits per heavy atom. The summed E-state index contributed by atoms with van der Waals surface area (Å²) in [5, 5.41) is 3.12. The predicted octanol–water partition coefficient (Wildman–Crippen LogP) is 2.57. The van der Waals surface area contributed by atoms with Crippen LogP contribution in [0.25, 0.3) is 0 Å². The van der Waals surface area contributed by atoms with Crippen LogP contribution in [0.1, 0.15) is 19.4 Å². The molecule has 0 aliphatic carbocycles. The molecule has 0 saturated heterocycles. The third kappa shape index (κ3) is 3.04. The van der Waals surface area contributed by atoms with Gasteiger partial charge in [0.05, 0.1) is 0 Å². The van der Waals surface area contributed by atoms with Crippen molar-refractivity contribution in [3.63, 3.8) is 0 Å². The minimum Gasteiger partial charge on any atom is -0.388 e. The molecule has 0 saturated carbocycles. The summed E-state index contributed by atoms with van der Waals surface area (Å²) in [6.07, 6.45) is 0. The van der Waals surface area contributed by atoms with Gasteiger partial charge in [0.2, 0.25) is 0 Å². The molecule has 0 aliphatic rings. The van der Waals surface area contributed by atoms with Crippen molar-refractivity contribution in [1.29, 1.82) is 0 Å². The topological polar surface area (TPSA) is 15.3 Å². The summed E-state index contributed by atoms with van der Waals surface area (Å²) >= 11 is 0. The normalized spacial score (nSPS) is 10.6. The van der Waals surface area contributed by atoms with Gasteiger partial charge in [-0.15, -0.1) is 0 Å². The third-order valence-electron chi connectivity index (χ3n) is 2.54. The van der Waals surface area contributed by atoms with Crippen LogP contribution in [-0.4, -0.2) is 25.0 Å². The molecule has 0 aliphatic heterocycles. The third-order valence-corrected chi connectivity index (χ3v) is 2.54. The Bertz CT molecular complexity index is 250. The van der Waals surface area contributed by atoms with Crippen molar-refractivity contribution in [1.82, 2.24) is 4.90 Å². The van der Waals surface area contributed by atoms with Crippen LogP contribution < -0.4 is 5.32 Å². The van der Waals surface area contributed by atoms with Gasteiger partial charge in [-0.05, 0) is 30.8 Å². The van der Waals surface area contributed by atoms with E-state index in [0.717, 1.165) is 19.6 Å². The van der Waals surface area contributed by atoms with E-state index in [1.807, 2.05) is 7.05 Å². The van der Waals surface area contributed by atoms with Gasteiger partial charge in [0.1, 0.15) is 0 Å². The number of anilines is 1. The zero-order chi connectivity index (χ0) is 10.4. The van der Waals surface area contributed by atoms with Crippen molar-refractivity contribution in [3.8, 4) is 0 Å². The van der Waals surface area contributed by atoms with Crippen LogP contribution in [0.4, 0.5) is 5.69 Å². The lowest BCUT2D eigenvalue weighted by molar-refractivity contribution is 0.296. The van der Waals surface area contributed by atoms with Gasteiger partial charge in [-0.25, -0.2) is 0 Å². The molecule has 0 amide bonds. The summed E-state index contributed by atoms with van der Waals surface area (Å²) in [6.45, 7) is 7.68. The van der Waals surface area contributed by atoms with E-state index in [1.165, 1.54) is 11.3 Å². The van der Waals surface area contributed by atoms with E-state index < -0.39 is 0 Å². The van der Waals surface area contributed by atoms with Crippen LogP contribution in [0.5, 0.6) is 0 Å². The van der Waals surface area contributed by atoms with Gasteiger partial charge < -0.3 is 5.32 Å². The van der Waals surface area contributed by atoms with Gasteiger partial charge in [-0.2, -0.15) is 0 Å². The van der Waals surface area contributed by atoms with Gasteiger partial charge in [0, 0.05) is 19.3 Å². The number of hydrogen-bond donors (Lipinski definition) is 1. The average molecular weight is 192 g/mol. The second-order valence-electron chi connectivity index (χ2n) is 3.41. The standard InChI is InChI=1S/C12H20N2/c1-4-14(5-2)10-11-6-8-12(13-3)9-7-11/h6-9,13H,4-5,10H2,1-3H3.